The van der Waals surface area contributed by atoms with E-state index in [9.17, 15) is 0 Å². The number of halogens is 2. The van der Waals surface area contributed by atoms with Crippen LogP contribution in [-0.4, -0.2) is 17.5 Å². The first-order valence-electron chi connectivity index (χ1n) is 3.60. The molecule has 11 heavy (non-hydrogen) atoms. The first-order valence-corrected chi connectivity index (χ1v) is 4.67. The number of rotatable bonds is 5. The maximum absolute atomic E-state index is 7.32. The Hall–Kier alpha value is -0.0100. The van der Waals surface area contributed by atoms with E-state index < -0.39 is 0 Å². The van der Waals surface area contributed by atoms with Crippen LogP contribution in [0.3, 0.4) is 0 Å². The largest absolute Gasteiger partial charge is 0.308 e. The maximum Gasteiger partial charge on any atom is 0.0604 e. The Morgan fingerprint density at radius 3 is 2.36 bits per heavy atom. The van der Waals surface area contributed by atoms with Crippen LogP contribution in [0.25, 0.3) is 0 Å². The third-order valence-electron chi connectivity index (χ3n) is 1.27. The molecule has 1 N–H and O–H groups in total. The van der Waals surface area contributed by atoms with Gasteiger partial charge in [-0.05, 0) is 6.42 Å². The molecular weight excluding hydrogens is 181 g/mol. The van der Waals surface area contributed by atoms with Gasteiger partial charge in [-0.15, -0.1) is 23.2 Å². The van der Waals surface area contributed by atoms with Crippen molar-refractivity contribution in [1.29, 1.82) is 5.41 Å². The summed E-state index contributed by atoms with van der Waals surface area (Å²) in [5.41, 5.74) is 1.63. The van der Waals surface area contributed by atoms with E-state index in [2.05, 4.69) is 6.92 Å². The predicted octanol–water partition coefficient (Wildman–Crippen LogP) is 3.21. The second-order valence-electron chi connectivity index (χ2n) is 2.32. The van der Waals surface area contributed by atoms with E-state index in [1.165, 1.54) is 0 Å². The molecule has 0 amide bonds. The highest BCUT2D eigenvalue weighted by Gasteiger charge is 1.98. The molecule has 0 rings (SSSR count). The molecule has 0 heterocycles. The average molecular weight is 194 g/mol. The predicted molar refractivity (Wildman–Crippen MR) is 52.2 cm³/mol. The van der Waals surface area contributed by atoms with Gasteiger partial charge < -0.3 is 5.41 Å². The van der Waals surface area contributed by atoms with Gasteiger partial charge in [0.25, 0.3) is 0 Å². The van der Waals surface area contributed by atoms with Gasteiger partial charge in [0, 0.05) is 18.0 Å². The van der Waals surface area contributed by atoms with Gasteiger partial charge in [0.1, 0.15) is 0 Å². The Morgan fingerprint density at radius 2 is 2.00 bits per heavy atom. The van der Waals surface area contributed by atoms with Crippen LogP contribution in [-0.2, 0) is 0 Å². The molecule has 64 valence electrons. The van der Waals surface area contributed by atoms with Crippen LogP contribution < -0.4 is 0 Å². The molecule has 0 aromatic rings. The Balaban J connectivity index is 3.87. The van der Waals surface area contributed by atoms with Gasteiger partial charge >= 0.3 is 0 Å². The first kappa shape index (κ1) is 11.0. The minimum absolute atomic E-state index is 0.304. The van der Waals surface area contributed by atoms with Gasteiger partial charge in [-0.2, -0.15) is 0 Å². The lowest BCUT2D eigenvalue weighted by Gasteiger charge is -2.01. The lowest BCUT2D eigenvalue weighted by molar-refractivity contribution is 1.13. The number of hydrogen-bond acceptors (Lipinski definition) is 1. The highest BCUT2D eigenvalue weighted by atomic mass is 35.5. The lowest BCUT2D eigenvalue weighted by Crippen LogP contribution is -2.00. The topological polar surface area (TPSA) is 23.9 Å². The monoisotopic (exact) mass is 193 g/mol. The normalized spacial score (nSPS) is 11.7. The van der Waals surface area contributed by atoms with Crippen LogP contribution in [0.5, 0.6) is 0 Å². The van der Waals surface area contributed by atoms with Crippen LogP contribution in [0.1, 0.15) is 19.8 Å². The molecule has 0 aromatic heterocycles. The molecule has 0 aliphatic rings. The third kappa shape index (κ3) is 5.28. The van der Waals surface area contributed by atoms with Crippen molar-refractivity contribution in [2.45, 2.75) is 19.8 Å². The molecular formula is C8H13Cl2N. The summed E-state index contributed by atoms with van der Waals surface area (Å²) >= 11 is 11.1. The maximum atomic E-state index is 7.32. The summed E-state index contributed by atoms with van der Waals surface area (Å²) < 4.78 is 0. The number of hydrogen-bond donors (Lipinski definition) is 1. The molecule has 0 spiro atoms. The summed E-state index contributed by atoms with van der Waals surface area (Å²) in [6, 6.07) is 0. The zero-order valence-electron chi connectivity index (χ0n) is 6.66. The van der Waals surface area contributed by atoms with Gasteiger partial charge in [0.15, 0.2) is 0 Å². The average Bonchev–Trinajstić information content (AvgIpc) is 2.03. The standard InChI is InChI=1S/C8H13Cl2N/c1-2-3-7(5-9)4-8(11)6-10/h3,11H,2,4-6H2,1H3/b7-3-,11-8?. The van der Waals surface area contributed by atoms with Gasteiger partial charge in [-0.25, -0.2) is 0 Å². The van der Waals surface area contributed by atoms with Crippen molar-refractivity contribution in [3.05, 3.63) is 11.6 Å². The van der Waals surface area contributed by atoms with Crippen molar-refractivity contribution in [3.63, 3.8) is 0 Å². The fraction of sp³-hybridized carbons (Fsp3) is 0.625. The highest BCUT2D eigenvalue weighted by Crippen LogP contribution is 2.06. The van der Waals surface area contributed by atoms with E-state index in [1.54, 1.807) is 0 Å². The molecule has 0 radical (unpaired) electrons. The fourth-order valence-corrected chi connectivity index (χ4v) is 1.08. The Bertz CT molecular complexity index is 152. The van der Waals surface area contributed by atoms with Crippen molar-refractivity contribution in [2.75, 3.05) is 11.8 Å². The molecule has 0 fully saturated rings. The van der Waals surface area contributed by atoms with E-state index in [1.807, 2.05) is 6.08 Å². The molecule has 0 saturated carbocycles. The zero-order chi connectivity index (χ0) is 8.69. The van der Waals surface area contributed by atoms with Crippen LogP contribution >= 0.6 is 23.2 Å². The van der Waals surface area contributed by atoms with E-state index in [0.717, 1.165) is 12.0 Å². The SMILES string of the molecule is CC/C=C(\CCl)CC(=N)CCl. The molecule has 0 aromatic carbocycles. The first-order chi connectivity index (χ1) is 5.24. The van der Waals surface area contributed by atoms with Crippen LogP contribution in [0.2, 0.25) is 0 Å². The summed E-state index contributed by atoms with van der Waals surface area (Å²) in [5.74, 6) is 0.811. The molecule has 0 unspecified atom stereocenters. The molecule has 1 nitrogen and oxygen atoms in total. The summed E-state index contributed by atoms with van der Waals surface area (Å²) in [6.45, 7) is 2.05. The minimum atomic E-state index is 0.304. The Kier molecular flexibility index (Phi) is 6.68. The number of nitrogens with one attached hydrogen (secondary N) is 1. The summed E-state index contributed by atoms with van der Waals surface area (Å²) in [4.78, 5) is 0. The third-order valence-corrected chi connectivity index (χ3v) is 1.93. The second-order valence-corrected chi connectivity index (χ2v) is 2.85. The van der Waals surface area contributed by atoms with Crippen molar-refractivity contribution in [2.24, 2.45) is 0 Å². The van der Waals surface area contributed by atoms with Crippen molar-refractivity contribution in [3.8, 4) is 0 Å². The van der Waals surface area contributed by atoms with Crippen molar-refractivity contribution >= 4 is 28.9 Å². The van der Waals surface area contributed by atoms with Crippen molar-refractivity contribution < 1.29 is 0 Å². The number of allylic oxidation sites excluding steroid dienone is 2. The van der Waals surface area contributed by atoms with E-state index in [-0.39, 0.29) is 0 Å². The van der Waals surface area contributed by atoms with Gasteiger partial charge in [-0.1, -0.05) is 18.6 Å². The van der Waals surface area contributed by atoms with Crippen molar-refractivity contribution in [1.82, 2.24) is 0 Å². The fourth-order valence-electron chi connectivity index (χ4n) is 0.784. The molecule has 0 aliphatic heterocycles. The quantitative estimate of drug-likeness (QED) is 0.394. The van der Waals surface area contributed by atoms with E-state index >= 15 is 0 Å². The van der Waals surface area contributed by atoms with Gasteiger partial charge in [0.2, 0.25) is 0 Å². The summed E-state index contributed by atoms with van der Waals surface area (Å²) in [7, 11) is 0. The highest BCUT2D eigenvalue weighted by molar-refractivity contribution is 6.28. The van der Waals surface area contributed by atoms with Gasteiger partial charge in [-0.3, -0.25) is 0 Å². The van der Waals surface area contributed by atoms with E-state index in [4.69, 9.17) is 28.6 Å². The summed E-state index contributed by atoms with van der Waals surface area (Å²) in [5, 5.41) is 7.32. The second kappa shape index (κ2) is 6.68. The molecule has 0 atom stereocenters. The Morgan fingerprint density at radius 1 is 1.36 bits per heavy atom. The minimum Gasteiger partial charge on any atom is -0.308 e. The number of alkyl halides is 2. The molecule has 0 saturated heterocycles. The smallest absolute Gasteiger partial charge is 0.0604 e. The Labute approximate surface area is 77.9 Å². The summed E-state index contributed by atoms with van der Waals surface area (Å²) in [6.07, 6.45) is 3.65. The van der Waals surface area contributed by atoms with Crippen LogP contribution in [0.15, 0.2) is 11.6 Å². The lowest BCUT2D eigenvalue weighted by atomic mass is 10.1. The molecule has 3 heteroatoms. The van der Waals surface area contributed by atoms with Crippen LogP contribution in [0.4, 0.5) is 0 Å². The molecule has 0 bridgehead atoms. The molecule has 0 aliphatic carbocycles. The zero-order valence-corrected chi connectivity index (χ0v) is 8.17. The van der Waals surface area contributed by atoms with Crippen LogP contribution in [0, 0.1) is 5.41 Å². The van der Waals surface area contributed by atoms with Gasteiger partial charge in [0.05, 0.1) is 5.88 Å². The van der Waals surface area contributed by atoms with E-state index in [0.29, 0.717) is 23.9 Å².